The maximum atomic E-state index is 11.9. The van der Waals surface area contributed by atoms with Gasteiger partial charge in [0.1, 0.15) is 5.75 Å². The summed E-state index contributed by atoms with van der Waals surface area (Å²) in [5.74, 6) is -0.0557. The highest BCUT2D eigenvalue weighted by Gasteiger charge is 2.21. The smallest absolute Gasteiger partial charge is 0.299 e. The summed E-state index contributed by atoms with van der Waals surface area (Å²) >= 11 is 0. The van der Waals surface area contributed by atoms with E-state index in [2.05, 4.69) is 9.44 Å². The van der Waals surface area contributed by atoms with Crippen LogP contribution in [0.15, 0.2) is 12.1 Å². The van der Waals surface area contributed by atoms with E-state index < -0.39 is 15.7 Å². The van der Waals surface area contributed by atoms with E-state index in [9.17, 15) is 13.5 Å². The summed E-state index contributed by atoms with van der Waals surface area (Å²) in [6, 6.07) is 3.37. The molecule has 0 heterocycles. The second-order valence-electron chi connectivity index (χ2n) is 5.44. The molecule has 1 rings (SSSR count). The minimum Gasteiger partial charge on any atom is -0.505 e. The molecule has 0 bridgehead atoms. The molecule has 3 N–H and O–H groups in total. The van der Waals surface area contributed by atoms with Crippen LogP contribution in [-0.2, 0) is 10.2 Å². The van der Waals surface area contributed by atoms with E-state index >= 15 is 0 Å². The molecule has 5 nitrogen and oxygen atoms in total. The van der Waals surface area contributed by atoms with Gasteiger partial charge in [-0.25, -0.2) is 0 Å². The number of benzene rings is 1. The molecule has 0 aliphatic heterocycles. The Hall–Kier alpha value is -1.27. The molecule has 0 spiro atoms. The van der Waals surface area contributed by atoms with Gasteiger partial charge in [0.05, 0.1) is 5.69 Å². The fourth-order valence-electron chi connectivity index (χ4n) is 1.61. The van der Waals surface area contributed by atoms with Crippen LogP contribution in [0, 0.1) is 13.8 Å². The number of anilines is 1. The Labute approximate surface area is 108 Å². The molecule has 0 saturated carbocycles. The van der Waals surface area contributed by atoms with Crippen LogP contribution in [0.25, 0.3) is 0 Å². The lowest BCUT2D eigenvalue weighted by molar-refractivity contribution is 0.472. The third-order valence-corrected chi connectivity index (χ3v) is 3.50. The van der Waals surface area contributed by atoms with Crippen molar-refractivity contribution in [1.29, 1.82) is 0 Å². The Morgan fingerprint density at radius 3 is 2.22 bits per heavy atom. The molecule has 0 radical (unpaired) electrons. The third kappa shape index (κ3) is 4.19. The maximum Gasteiger partial charge on any atom is 0.299 e. The lowest BCUT2D eigenvalue weighted by atomic mass is 10.1. The van der Waals surface area contributed by atoms with E-state index in [1.54, 1.807) is 39.8 Å². The molecule has 0 aromatic heterocycles. The quantitative estimate of drug-likeness (QED) is 0.737. The number of nitrogens with one attached hydrogen (secondary N) is 2. The van der Waals surface area contributed by atoms with Crippen molar-refractivity contribution in [2.24, 2.45) is 0 Å². The lowest BCUT2D eigenvalue weighted by Crippen LogP contribution is -2.43. The van der Waals surface area contributed by atoms with Crippen molar-refractivity contribution in [1.82, 2.24) is 4.72 Å². The van der Waals surface area contributed by atoms with Gasteiger partial charge in [0.2, 0.25) is 0 Å². The van der Waals surface area contributed by atoms with Crippen LogP contribution < -0.4 is 9.44 Å². The summed E-state index contributed by atoms with van der Waals surface area (Å²) in [5, 5.41) is 9.83. The average molecular weight is 272 g/mol. The zero-order valence-corrected chi connectivity index (χ0v) is 12.1. The number of hydrogen-bond acceptors (Lipinski definition) is 3. The van der Waals surface area contributed by atoms with Crippen LogP contribution in [-0.4, -0.2) is 19.1 Å². The molecule has 0 atom stereocenters. The molecule has 18 heavy (non-hydrogen) atoms. The summed E-state index contributed by atoms with van der Waals surface area (Å²) in [6.45, 7) is 8.79. The first-order valence-electron chi connectivity index (χ1n) is 5.62. The van der Waals surface area contributed by atoms with E-state index in [1.807, 2.05) is 6.92 Å². The second kappa shape index (κ2) is 4.78. The molecular formula is C12H20N2O3S. The summed E-state index contributed by atoms with van der Waals surface area (Å²) in [5.41, 5.74) is 1.10. The molecule has 0 amide bonds. The van der Waals surface area contributed by atoms with Gasteiger partial charge in [0, 0.05) is 5.54 Å². The number of aryl methyl sites for hydroxylation is 2. The van der Waals surface area contributed by atoms with Crippen molar-refractivity contribution in [3.05, 3.63) is 23.3 Å². The minimum absolute atomic E-state index is 0.0557. The molecule has 1 aromatic carbocycles. The van der Waals surface area contributed by atoms with Crippen LogP contribution >= 0.6 is 0 Å². The summed E-state index contributed by atoms with van der Waals surface area (Å²) < 4.78 is 28.5. The first-order chi connectivity index (χ1) is 8.00. The highest BCUT2D eigenvalue weighted by atomic mass is 32.2. The predicted octanol–water partition coefficient (Wildman–Crippen LogP) is 2.05. The van der Waals surface area contributed by atoms with Crippen molar-refractivity contribution in [2.45, 2.75) is 40.2 Å². The average Bonchev–Trinajstić information content (AvgIpc) is 2.08. The third-order valence-electron chi connectivity index (χ3n) is 2.13. The molecule has 1 aromatic rings. The number of rotatable bonds is 3. The topological polar surface area (TPSA) is 78.4 Å². The van der Waals surface area contributed by atoms with Gasteiger partial charge in [-0.3, -0.25) is 4.72 Å². The van der Waals surface area contributed by atoms with E-state index in [4.69, 9.17) is 0 Å². The normalized spacial score (nSPS) is 12.5. The second-order valence-corrected chi connectivity index (χ2v) is 6.85. The first kappa shape index (κ1) is 14.8. The molecular weight excluding hydrogens is 252 g/mol. The van der Waals surface area contributed by atoms with Crippen molar-refractivity contribution < 1.29 is 13.5 Å². The Kier molecular flexibility index (Phi) is 3.92. The molecule has 0 aliphatic carbocycles. The van der Waals surface area contributed by atoms with Gasteiger partial charge in [-0.2, -0.15) is 13.1 Å². The summed E-state index contributed by atoms with van der Waals surface area (Å²) in [7, 11) is -3.71. The van der Waals surface area contributed by atoms with Crippen LogP contribution in [0.5, 0.6) is 5.75 Å². The monoisotopic (exact) mass is 272 g/mol. The number of aromatic hydroxyl groups is 1. The fourth-order valence-corrected chi connectivity index (χ4v) is 2.91. The Morgan fingerprint density at radius 1 is 1.17 bits per heavy atom. The molecule has 0 aliphatic rings. The van der Waals surface area contributed by atoms with Crippen LogP contribution in [0.2, 0.25) is 0 Å². The van der Waals surface area contributed by atoms with Gasteiger partial charge in [0.15, 0.2) is 0 Å². The number of phenolic OH excluding ortho intramolecular Hbond substituents is 1. The summed E-state index contributed by atoms with van der Waals surface area (Å²) in [4.78, 5) is 0. The lowest BCUT2D eigenvalue weighted by Gasteiger charge is -2.21. The van der Waals surface area contributed by atoms with E-state index in [0.29, 0.717) is 5.56 Å². The van der Waals surface area contributed by atoms with E-state index in [1.165, 1.54) is 0 Å². The van der Waals surface area contributed by atoms with Crippen molar-refractivity contribution >= 4 is 15.9 Å². The molecule has 6 heteroatoms. The van der Waals surface area contributed by atoms with Gasteiger partial charge in [0.25, 0.3) is 10.2 Å². The van der Waals surface area contributed by atoms with E-state index in [0.717, 1.165) is 5.56 Å². The number of hydrogen-bond donors (Lipinski definition) is 3. The summed E-state index contributed by atoms with van der Waals surface area (Å²) in [6.07, 6.45) is 0. The minimum atomic E-state index is -3.71. The molecule has 0 fully saturated rings. The van der Waals surface area contributed by atoms with Crippen LogP contribution in [0.1, 0.15) is 31.9 Å². The standard InChI is InChI=1S/C12H20N2O3S/c1-8-6-9(2)11(15)10(7-8)13-18(16,17)14-12(3,4)5/h6-7,13-15H,1-5H3. The van der Waals surface area contributed by atoms with Gasteiger partial charge in [-0.1, -0.05) is 6.07 Å². The van der Waals surface area contributed by atoms with Crippen LogP contribution in [0.4, 0.5) is 5.69 Å². The number of phenols is 1. The van der Waals surface area contributed by atoms with Crippen LogP contribution in [0.3, 0.4) is 0 Å². The largest absolute Gasteiger partial charge is 0.505 e. The van der Waals surface area contributed by atoms with Gasteiger partial charge in [-0.05, 0) is 51.8 Å². The van der Waals surface area contributed by atoms with Gasteiger partial charge < -0.3 is 5.11 Å². The SMILES string of the molecule is Cc1cc(C)c(O)c(NS(=O)(=O)NC(C)(C)C)c1. The molecule has 0 saturated heterocycles. The zero-order valence-electron chi connectivity index (χ0n) is 11.3. The van der Waals surface area contributed by atoms with Gasteiger partial charge in [-0.15, -0.1) is 0 Å². The highest BCUT2D eigenvalue weighted by molar-refractivity contribution is 7.90. The fraction of sp³-hybridized carbons (Fsp3) is 0.500. The highest BCUT2D eigenvalue weighted by Crippen LogP contribution is 2.29. The molecule has 102 valence electrons. The van der Waals surface area contributed by atoms with E-state index in [-0.39, 0.29) is 11.4 Å². The predicted molar refractivity (Wildman–Crippen MR) is 73.0 cm³/mol. The first-order valence-corrected chi connectivity index (χ1v) is 7.10. The van der Waals surface area contributed by atoms with Gasteiger partial charge >= 0.3 is 0 Å². The zero-order chi connectivity index (χ0) is 14.1. The Bertz CT molecular complexity index is 545. The molecule has 0 unspecified atom stereocenters. The van der Waals surface area contributed by atoms with Crippen molar-refractivity contribution in [3.63, 3.8) is 0 Å². The van der Waals surface area contributed by atoms with Crippen molar-refractivity contribution in [3.8, 4) is 5.75 Å². The van der Waals surface area contributed by atoms with Crippen molar-refractivity contribution in [2.75, 3.05) is 4.72 Å². The Morgan fingerprint density at radius 2 is 1.72 bits per heavy atom. The maximum absolute atomic E-state index is 11.9. The Balaban J connectivity index is 3.05.